The first-order valence-corrected chi connectivity index (χ1v) is 8.51. The molecule has 0 amide bonds. The van der Waals surface area contributed by atoms with Crippen LogP contribution in [0.15, 0.2) is 4.90 Å². The fraction of sp³-hybridized carbons (Fsp3) is 0.600. The van der Waals surface area contributed by atoms with Crippen LogP contribution < -0.4 is 0 Å². The van der Waals surface area contributed by atoms with E-state index in [0.29, 0.717) is 16.9 Å². The van der Waals surface area contributed by atoms with Gasteiger partial charge in [0.25, 0.3) is 0 Å². The highest BCUT2D eigenvalue weighted by Gasteiger charge is 2.48. The topological polar surface area (TPSA) is 54.4 Å². The van der Waals surface area contributed by atoms with Gasteiger partial charge < -0.3 is 5.11 Å². The summed E-state index contributed by atoms with van der Waals surface area (Å²) in [6.07, 6.45) is 3.98. The summed E-state index contributed by atoms with van der Waals surface area (Å²) >= 11 is 0. The molecule has 1 fully saturated rings. The fourth-order valence-corrected chi connectivity index (χ4v) is 5.96. The first-order chi connectivity index (χ1) is 8.80. The summed E-state index contributed by atoms with van der Waals surface area (Å²) in [4.78, 5) is 0.520. The van der Waals surface area contributed by atoms with Crippen molar-refractivity contribution >= 4 is 9.84 Å². The van der Waals surface area contributed by atoms with Crippen LogP contribution in [0.3, 0.4) is 0 Å². The third-order valence-electron chi connectivity index (χ3n) is 5.22. The molecule has 0 radical (unpaired) electrons. The van der Waals surface area contributed by atoms with Crippen molar-refractivity contribution in [3.63, 3.8) is 0 Å². The van der Waals surface area contributed by atoms with Gasteiger partial charge in [-0.2, -0.15) is 0 Å². The summed E-state index contributed by atoms with van der Waals surface area (Å²) < 4.78 is 24.9. The van der Waals surface area contributed by atoms with E-state index in [4.69, 9.17) is 0 Å². The standard InChI is InChI=1S/C15H20O3S/c1-9-10(2)14-12(11(3)13(9)16)15(5-4-6-15)7-8-19(14,17)18/h16H,4-8H2,1-3H3. The lowest BCUT2D eigenvalue weighted by atomic mass is 9.61. The Morgan fingerprint density at radius 3 is 2.16 bits per heavy atom. The van der Waals surface area contributed by atoms with Crippen LogP contribution in [0.4, 0.5) is 0 Å². The van der Waals surface area contributed by atoms with Gasteiger partial charge in [0, 0.05) is 0 Å². The molecule has 1 aliphatic carbocycles. The van der Waals surface area contributed by atoms with Gasteiger partial charge in [-0.1, -0.05) is 6.42 Å². The maximum absolute atomic E-state index is 12.5. The van der Waals surface area contributed by atoms with Gasteiger partial charge in [0.2, 0.25) is 0 Å². The van der Waals surface area contributed by atoms with Gasteiger partial charge >= 0.3 is 0 Å². The van der Waals surface area contributed by atoms with Crippen molar-refractivity contribution in [2.45, 2.75) is 56.8 Å². The highest BCUT2D eigenvalue weighted by molar-refractivity contribution is 7.91. The summed E-state index contributed by atoms with van der Waals surface area (Å²) in [5.41, 5.74) is 3.16. The maximum atomic E-state index is 12.5. The minimum Gasteiger partial charge on any atom is -0.507 e. The van der Waals surface area contributed by atoms with Crippen molar-refractivity contribution in [3.8, 4) is 5.75 Å². The molecule has 1 aromatic carbocycles. The molecule has 3 nitrogen and oxygen atoms in total. The van der Waals surface area contributed by atoms with Crippen LogP contribution in [0, 0.1) is 20.8 Å². The van der Waals surface area contributed by atoms with Crippen molar-refractivity contribution in [1.29, 1.82) is 0 Å². The van der Waals surface area contributed by atoms with Crippen LogP contribution in [0.5, 0.6) is 5.75 Å². The first kappa shape index (κ1) is 13.0. The monoisotopic (exact) mass is 280 g/mol. The van der Waals surface area contributed by atoms with Gasteiger partial charge in [-0.3, -0.25) is 0 Å². The van der Waals surface area contributed by atoms with Crippen molar-refractivity contribution < 1.29 is 13.5 Å². The average Bonchev–Trinajstić information content (AvgIpc) is 2.30. The Balaban J connectivity index is 2.44. The lowest BCUT2D eigenvalue weighted by Crippen LogP contribution is -2.42. The van der Waals surface area contributed by atoms with E-state index in [9.17, 15) is 13.5 Å². The van der Waals surface area contributed by atoms with E-state index in [-0.39, 0.29) is 16.9 Å². The van der Waals surface area contributed by atoms with Gasteiger partial charge in [0.05, 0.1) is 10.6 Å². The van der Waals surface area contributed by atoms with Gasteiger partial charge in [-0.15, -0.1) is 0 Å². The molecule has 1 saturated carbocycles. The van der Waals surface area contributed by atoms with Crippen LogP contribution in [0.1, 0.15) is 47.9 Å². The van der Waals surface area contributed by atoms with Gasteiger partial charge in [0.15, 0.2) is 9.84 Å². The molecular weight excluding hydrogens is 260 g/mol. The van der Waals surface area contributed by atoms with Crippen molar-refractivity contribution in [2.24, 2.45) is 0 Å². The Kier molecular flexibility index (Phi) is 2.56. The van der Waals surface area contributed by atoms with Gasteiger partial charge in [-0.05, 0) is 67.7 Å². The summed E-state index contributed by atoms with van der Waals surface area (Å²) in [7, 11) is -3.19. The largest absolute Gasteiger partial charge is 0.507 e. The lowest BCUT2D eigenvalue weighted by Gasteiger charge is -2.47. The van der Waals surface area contributed by atoms with Crippen molar-refractivity contribution in [3.05, 3.63) is 22.3 Å². The lowest BCUT2D eigenvalue weighted by molar-refractivity contribution is 0.224. The van der Waals surface area contributed by atoms with E-state index in [1.807, 2.05) is 13.8 Å². The molecule has 3 rings (SSSR count). The molecule has 0 atom stereocenters. The average molecular weight is 280 g/mol. The van der Waals surface area contributed by atoms with Gasteiger partial charge in [-0.25, -0.2) is 8.42 Å². The third kappa shape index (κ3) is 1.52. The van der Waals surface area contributed by atoms with E-state index in [1.54, 1.807) is 6.92 Å². The number of benzene rings is 1. The first-order valence-electron chi connectivity index (χ1n) is 6.86. The molecule has 1 heterocycles. The zero-order chi connectivity index (χ0) is 14.0. The Morgan fingerprint density at radius 1 is 1.00 bits per heavy atom. The predicted molar refractivity (Wildman–Crippen MR) is 74.5 cm³/mol. The van der Waals surface area contributed by atoms with Crippen LogP contribution in [0.2, 0.25) is 0 Å². The summed E-state index contributed by atoms with van der Waals surface area (Å²) in [6, 6.07) is 0. The molecule has 19 heavy (non-hydrogen) atoms. The Hall–Kier alpha value is -1.03. The maximum Gasteiger partial charge on any atom is 0.178 e. The second-order valence-electron chi connectivity index (χ2n) is 6.13. The highest BCUT2D eigenvalue weighted by Crippen LogP contribution is 2.55. The summed E-state index contributed by atoms with van der Waals surface area (Å²) in [5, 5.41) is 10.3. The number of phenols is 1. The van der Waals surface area contributed by atoms with Crippen LogP contribution in [0.25, 0.3) is 0 Å². The van der Waals surface area contributed by atoms with Crippen molar-refractivity contribution in [1.82, 2.24) is 0 Å². The SMILES string of the molecule is Cc1c(C)c2c(c(C)c1O)C1(CCC1)CCS2(=O)=O. The fourth-order valence-electron chi connectivity index (χ4n) is 3.79. The molecule has 1 aromatic rings. The molecule has 0 bridgehead atoms. The third-order valence-corrected chi connectivity index (χ3v) is 7.09. The molecule has 1 spiro atoms. The quantitative estimate of drug-likeness (QED) is 0.795. The molecule has 4 heteroatoms. The second kappa shape index (κ2) is 3.75. The van der Waals surface area contributed by atoms with E-state index in [0.717, 1.165) is 36.0 Å². The number of fused-ring (bicyclic) bond motifs is 2. The summed E-state index contributed by atoms with van der Waals surface area (Å²) in [6.45, 7) is 5.49. The van der Waals surface area contributed by atoms with Gasteiger partial charge in [0.1, 0.15) is 5.75 Å². The minimum atomic E-state index is -3.19. The number of rotatable bonds is 0. The van der Waals surface area contributed by atoms with Crippen LogP contribution in [-0.4, -0.2) is 19.3 Å². The second-order valence-corrected chi connectivity index (χ2v) is 8.18. The minimum absolute atomic E-state index is 0.0146. The highest BCUT2D eigenvalue weighted by atomic mass is 32.2. The van der Waals surface area contributed by atoms with E-state index >= 15 is 0 Å². The molecular formula is C15H20O3S. The van der Waals surface area contributed by atoms with E-state index in [2.05, 4.69) is 0 Å². The summed E-state index contributed by atoms with van der Waals surface area (Å²) in [5.74, 6) is 0.532. The van der Waals surface area contributed by atoms with Crippen molar-refractivity contribution in [2.75, 3.05) is 5.75 Å². The predicted octanol–water partition coefficient (Wildman–Crippen LogP) is 2.92. The number of hydrogen-bond donors (Lipinski definition) is 1. The molecule has 0 aromatic heterocycles. The van der Waals surface area contributed by atoms with E-state index in [1.165, 1.54) is 0 Å². The molecule has 0 unspecified atom stereocenters. The number of hydrogen-bond acceptors (Lipinski definition) is 3. The Bertz CT molecular complexity index is 667. The molecule has 0 saturated heterocycles. The zero-order valence-corrected chi connectivity index (χ0v) is 12.5. The van der Waals surface area contributed by atoms with Crippen LogP contribution in [-0.2, 0) is 15.3 Å². The normalized spacial score (nSPS) is 22.9. The molecule has 2 aliphatic rings. The van der Waals surface area contributed by atoms with E-state index < -0.39 is 9.84 Å². The number of sulfone groups is 1. The molecule has 1 N–H and O–H groups in total. The Labute approximate surface area is 114 Å². The molecule has 1 aliphatic heterocycles. The Morgan fingerprint density at radius 2 is 1.63 bits per heavy atom. The number of phenolic OH excluding ortho intramolecular Hbond substituents is 1. The number of aromatic hydroxyl groups is 1. The smallest absolute Gasteiger partial charge is 0.178 e. The van der Waals surface area contributed by atoms with Crippen LogP contribution >= 0.6 is 0 Å². The molecule has 104 valence electrons. The zero-order valence-electron chi connectivity index (χ0n) is 11.7.